The smallest absolute Gasteiger partial charge is 0.294 e. The van der Waals surface area contributed by atoms with E-state index in [9.17, 15) is 25.9 Å². The van der Waals surface area contributed by atoms with Crippen LogP contribution < -0.4 is 15.0 Å². The summed E-state index contributed by atoms with van der Waals surface area (Å²) in [4.78, 5) is 1.82. The zero-order valence-electron chi connectivity index (χ0n) is 33.8. The van der Waals surface area contributed by atoms with Crippen LogP contribution in [-0.4, -0.2) is 55.9 Å². The molecule has 12 heteroatoms. The van der Waals surface area contributed by atoms with Crippen molar-refractivity contribution >= 4 is 48.6 Å². The molecule has 0 radical (unpaired) electrons. The lowest BCUT2D eigenvalue weighted by molar-refractivity contribution is -0.539. The second-order valence-electron chi connectivity index (χ2n) is 14.3. The quantitative estimate of drug-likeness (QED) is 0.0781. The predicted molar refractivity (Wildman–Crippen MR) is 234 cm³/mol. The molecule has 1 aliphatic rings. The molecule has 0 unspecified atom stereocenters. The van der Waals surface area contributed by atoms with Crippen LogP contribution in [0.25, 0.3) is 5.57 Å². The maximum atomic E-state index is 11.8. The van der Waals surface area contributed by atoms with Crippen LogP contribution >= 0.6 is 0 Å². The highest BCUT2D eigenvalue weighted by Crippen LogP contribution is 2.37. The summed E-state index contributed by atoms with van der Waals surface area (Å²) in [6.45, 7) is 13.2. The second kappa shape index (κ2) is 18.4. The van der Waals surface area contributed by atoms with E-state index in [-0.39, 0.29) is 9.79 Å². The van der Waals surface area contributed by atoms with E-state index in [1.165, 1.54) is 24.3 Å². The van der Waals surface area contributed by atoms with Gasteiger partial charge in [0.1, 0.15) is 22.4 Å². The fourth-order valence-corrected chi connectivity index (χ4v) is 8.19. The first-order valence-corrected chi connectivity index (χ1v) is 22.3. The highest BCUT2D eigenvalue weighted by molar-refractivity contribution is 7.86. The third-order valence-corrected chi connectivity index (χ3v) is 11.9. The van der Waals surface area contributed by atoms with Gasteiger partial charge < -0.3 is 19.5 Å². The topological polar surface area (TPSA) is 139 Å². The van der Waals surface area contributed by atoms with Crippen molar-refractivity contribution in [2.45, 2.75) is 57.5 Å². The van der Waals surface area contributed by atoms with Crippen LogP contribution in [-0.2, 0) is 33.3 Å². The maximum Gasteiger partial charge on any atom is 0.294 e. The van der Waals surface area contributed by atoms with Gasteiger partial charge >= 0.3 is 0 Å². The lowest BCUT2D eigenvalue weighted by Crippen LogP contribution is -2.22. The molecule has 0 bridgehead atoms. The van der Waals surface area contributed by atoms with E-state index in [2.05, 4.69) is 96.3 Å². The van der Waals surface area contributed by atoms with Crippen LogP contribution in [0.4, 0.5) is 17.1 Å². The molecule has 0 saturated heterocycles. The van der Waals surface area contributed by atoms with Crippen LogP contribution in [0.5, 0.6) is 5.75 Å². The van der Waals surface area contributed by atoms with Crippen LogP contribution in [0.2, 0.25) is 0 Å². The van der Waals surface area contributed by atoms with E-state index in [4.69, 9.17) is 4.74 Å². The Labute approximate surface area is 348 Å². The fourth-order valence-electron chi connectivity index (χ4n) is 7.17. The monoisotopic (exact) mass is 831 g/mol. The number of ether oxygens (including phenoxy) is 1. The van der Waals surface area contributed by atoms with Gasteiger partial charge in [0.15, 0.2) is 12.3 Å². The Kier molecular flexibility index (Phi) is 13.4. The minimum Gasteiger partial charge on any atom is -0.744 e. The molecule has 2 N–H and O–H groups in total. The highest BCUT2D eigenvalue weighted by Gasteiger charge is 2.21. The maximum absolute atomic E-state index is 11.8. The Morgan fingerprint density at radius 1 is 0.780 bits per heavy atom. The van der Waals surface area contributed by atoms with Crippen LogP contribution in [0.3, 0.4) is 0 Å². The first-order chi connectivity index (χ1) is 28.2. The summed E-state index contributed by atoms with van der Waals surface area (Å²) in [5.74, 6) is 0.818. The molecule has 0 aliphatic heterocycles. The van der Waals surface area contributed by atoms with Gasteiger partial charge in [-0.15, -0.1) is 0 Å². The Hall–Kier alpha value is -5.79. The summed E-state index contributed by atoms with van der Waals surface area (Å²) in [5, 5.41) is 3.49. The lowest BCUT2D eigenvalue weighted by Gasteiger charge is -2.25. The van der Waals surface area contributed by atoms with Crippen molar-refractivity contribution in [3.05, 3.63) is 172 Å². The van der Waals surface area contributed by atoms with E-state index >= 15 is 0 Å². The molecule has 0 amide bonds. The first-order valence-electron chi connectivity index (χ1n) is 19.5. The lowest BCUT2D eigenvalue weighted by atomic mass is 9.85. The average Bonchev–Trinajstić information content (AvgIpc) is 3.21. The Bertz CT molecular complexity index is 2670. The van der Waals surface area contributed by atoms with Gasteiger partial charge in [-0.25, -0.2) is 13.0 Å². The van der Waals surface area contributed by atoms with Crippen molar-refractivity contribution < 1.29 is 35.3 Å². The van der Waals surface area contributed by atoms with Crippen LogP contribution in [0.1, 0.15) is 55.5 Å². The van der Waals surface area contributed by atoms with Gasteiger partial charge in [0.25, 0.3) is 10.1 Å². The Balaban J connectivity index is 1.37. The Morgan fingerprint density at radius 3 is 2.03 bits per heavy atom. The van der Waals surface area contributed by atoms with Gasteiger partial charge in [0.2, 0.25) is 0 Å². The molecule has 10 nitrogen and oxygen atoms in total. The van der Waals surface area contributed by atoms with E-state index in [0.29, 0.717) is 32.8 Å². The molecule has 1 aliphatic carbocycles. The molecular weight excluding hydrogens is 783 g/mol. The summed E-state index contributed by atoms with van der Waals surface area (Å²) in [5.41, 5.74) is 11.9. The van der Waals surface area contributed by atoms with E-state index in [0.717, 1.165) is 73.1 Å². The number of hydrogen-bond acceptors (Lipinski definition) is 8. The number of aryl methyl sites for hydroxylation is 1. The second-order valence-corrected chi connectivity index (χ2v) is 17.1. The third-order valence-electron chi connectivity index (χ3n) is 10.2. The van der Waals surface area contributed by atoms with Crippen molar-refractivity contribution in [2.24, 2.45) is 0 Å². The van der Waals surface area contributed by atoms with Crippen molar-refractivity contribution in [3.63, 3.8) is 0 Å². The number of anilines is 3. The summed E-state index contributed by atoms with van der Waals surface area (Å²) in [6, 6.07) is 35.1. The van der Waals surface area contributed by atoms with Gasteiger partial charge in [-0.3, -0.25) is 4.55 Å². The number of rotatable bonds is 15. The van der Waals surface area contributed by atoms with Crippen LogP contribution in [0.15, 0.2) is 154 Å². The average molecular weight is 832 g/mol. The molecular formula is C47H49N3O7S2. The van der Waals surface area contributed by atoms with Crippen molar-refractivity contribution in [3.8, 4) is 5.75 Å². The number of nitrogens with one attached hydrogen (secondary N) is 1. The third kappa shape index (κ3) is 10.6. The molecule has 0 fully saturated rings. The van der Waals surface area contributed by atoms with Gasteiger partial charge in [-0.2, -0.15) is 8.42 Å². The molecule has 0 saturated carbocycles. The number of hydrogen-bond donors (Lipinski definition) is 2. The summed E-state index contributed by atoms with van der Waals surface area (Å²) >= 11 is 0. The van der Waals surface area contributed by atoms with Gasteiger partial charge in [-0.05, 0) is 152 Å². The summed E-state index contributed by atoms with van der Waals surface area (Å²) in [7, 11) is -8.85. The van der Waals surface area contributed by atoms with Crippen molar-refractivity contribution in [2.75, 3.05) is 29.9 Å². The first kappa shape index (κ1) is 42.8. The largest absolute Gasteiger partial charge is 0.744 e. The summed E-state index contributed by atoms with van der Waals surface area (Å²) < 4.78 is 75.5. The minimum absolute atomic E-state index is 0.131. The van der Waals surface area contributed by atoms with Gasteiger partial charge in [0.05, 0.1) is 16.4 Å². The number of nitrogens with zero attached hydrogens (tertiary/aromatic N) is 2. The minimum atomic E-state index is -4.52. The molecule has 5 aromatic rings. The van der Waals surface area contributed by atoms with E-state index in [1.807, 2.05) is 44.2 Å². The van der Waals surface area contributed by atoms with E-state index in [1.54, 1.807) is 18.2 Å². The normalized spacial score (nSPS) is 14.7. The van der Waals surface area contributed by atoms with Crippen molar-refractivity contribution in [1.29, 1.82) is 0 Å². The van der Waals surface area contributed by atoms with Crippen LogP contribution in [0, 0.1) is 6.92 Å². The van der Waals surface area contributed by atoms with Crippen molar-refractivity contribution in [1.82, 2.24) is 0 Å². The fraction of sp³-hybridized carbons (Fsp3) is 0.213. The number of allylic oxidation sites excluding steroid dienone is 5. The molecule has 6 rings (SSSR count). The van der Waals surface area contributed by atoms with E-state index < -0.39 is 20.2 Å². The molecule has 5 aromatic carbocycles. The standard InChI is InChI=1S/C47H49N3O7S2/c1-6-49(31-35-12-24-43(25-13-35)58(51,52)53)40-20-26-45(33(4)28-40)47(37-14-16-38(17-15-37)48-39-18-22-42(23-19-39)57-8-3)46-27-21-41(29-34(46)5)50(7-2)32-36-10-9-11-44(30-36)59(54,55)56/h9-30H,6-8,31-32H2,1-5H3,(H2,51,52,53,54,55,56). The Morgan fingerprint density at radius 2 is 1.46 bits per heavy atom. The molecule has 0 spiro atoms. The molecule has 0 aromatic heterocycles. The summed E-state index contributed by atoms with van der Waals surface area (Å²) in [6.07, 6.45) is 6.38. The zero-order chi connectivity index (χ0) is 42.3. The van der Waals surface area contributed by atoms with Gasteiger partial charge in [0, 0.05) is 47.9 Å². The molecule has 59 heavy (non-hydrogen) atoms. The molecule has 0 atom stereocenters. The molecule has 306 valence electrons. The predicted octanol–water partition coefficient (Wildman–Crippen LogP) is 9.31. The molecule has 0 heterocycles. The highest BCUT2D eigenvalue weighted by atomic mass is 32.2. The zero-order valence-corrected chi connectivity index (χ0v) is 35.5. The van der Waals surface area contributed by atoms with Gasteiger partial charge in [-0.1, -0.05) is 42.5 Å². The SMILES string of the molecule is CCOc1ccc(Nc2ccc(/C(=C3/C=CC(=[N+](CC)Cc4cccc(S(=O)(=O)O)c4)C=C3C)c3ccc(N(CC)Cc4ccc(S(=O)(=O)[O-])cc4)cc3C)cc2)cc1. The number of benzene rings is 5.